The number of aliphatic hydroxyl groups excluding tert-OH is 1. The van der Waals surface area contributed by atoms with Crippen LogP contribution >= 0.6 is 11.6 Å². The molecule has 172 valence electrons. The monoisotopic (exact) mass is 469 g/mol. The predicted octanol–water partition coefficient (Wildman–Crippen LogP) is 3.23. The van der Waals surface area contributed by atoms with Crippen molar-refractivity contribution in [2.45, 2.75) is 25.5 Å². The van der Waals surface area contributed by atoms with Gasteiger partial charge in [0, 0.05) is 42.5 Å². The van der Waals surface area contributed by atoms with E-state index in [1.165, 1.54) is 7.11 Å². The highest BCUT2D eigenvalue weighted by Gasteiger charge is 2.24. The van der Waals surface area contributed by atoms with Crippen molar-refractivity contribution in [3.63, 3.8) is 0 Å². The van der Waals surface area contributed by atoms with Crippen molar-refractivity contribution in [1.29, 1.82) is 0 Å². The number of nitrogens with zero attached hydrogens (tertiary/aromatic N) is 4. The number of aromatic amines is 1. The summed E-state index contributed by atoms with van der Waals surface area (Å²) in [5.41, 5.74) is 3.65. The molecule has 0 unspecified atom stereocenters. The van der Waals surface area contributed by atoms with Crippen LogP contribution in [-0.2, 0) is 11.3 Å². The highest BCUT2D eigenvalue weighted by Crippen LogP contribution is 2.37. The third kappa shape index (κ3) is 3.87. The molecule has 0 aromatic carbocycles. The number of rotatable bonds is 5. The smallest absolute Gasteiger partial charge is 0.257 e. The number of ether oxygens (including phenoxy) is 2. The Balaban J connectivity index is 1.61. The molecule has 9 nitrogen and oxygen atoms in total. The maximum Gasteiger partial charge on any atom is 0.257 e. The minimum Gasteiger partial charge on any atom is -0.491 e. The van der Waals surface area contributed by atoms with Gasteiger partial charge in [0.05, 0.1) is 36.6 Å². The van der Waals surface area contributed by atoms with Gasteiger partial charge in [0.25, 0.3) is 5.88 Å². The number of halogens is 1. The average molecular weight is 470 g/mol. The van der Waals surface area contributed by atoms with E-state index < -0.39 is 0 Å². The molecule has 0 spiro atoms. The molecule has 0 aliphatic carbocycles. The summed E-state index contributed by atoms with van der Waals surface area (Å²) < 4.78 is 12.7. The number of hydrogen-bond donors (Lipinski definition) is 2. The molecule has 5 heterocycles. The largest absolute Gasteiger partial charge is 0.491 e. The van der Waals surface area contributed by atoms with E-state index in [1.807, 2.05) is 22.9 Å². The van der Waals surface area contributed by atoms with Crippen LogP contribution in [0.15, 0.2) is 30.6 Å². The summed E-state index contributed by atoms with van der Waals surface area (Å²) in [5, 5.41) is 11.2. The third-order valence-electron chi connectivity index (χ3n) is 6.09. The van der Waals surface area contributed by atoms with Crippen LogP contribution in [0.25, 0.3) is 33.3 Å². The maximum atomic E-state index is 13.0. The molecule has 1 saturated heterocycles. The van der Waals surface area contributed by atoms with Crippen molar-refractivity contribution in [3.8, 4) is 22.9 Å². The van der Waals surface area contributed by atoms with Gasteiger partial charge in [0.2, 0.25) is 5.91 Å². The van der Waals surface area contributed by atoms with Gasteiger partial charge in [-0.3, -0.25) is 4.79 Å². The van der Waals surface area contributed by atoms with Crippen LogP contribution in [0.5, 0.6) is 11.6 Å². The highest BCUT2D eigenvalue weighted by atomic mass is 35.5. The van der Waals surface area contributed by atoms with E-state index >= 15 is 0 Å². The summed E-state index contributed by atoms with van der Waals surface area (Å²) >= 11 is 6.35. The van der Waals surface area contributed by atoms with Gasteiger partial charge in [-0.2, -0.15) is 0 Å². The highest BCUT2D eigenvalue weighted by molar-refractivity contribution is 6.35. The van der Waals surface area contributed by atoms with Crippen LogP contribution in [-0.4, -0.2) is 68.8 Å². The molecular formula is C23H24ClN5O4. The SMILES string of the molecule is COc1cc2c(nc1OC)c(-c1cc3c(Cl)ccnc3[nH]1)cn2CC(=O)N1CCC(O)CC1. The first-order valence-corrected chi connectivity index (χ1v) is 11.1. The number of carbonyl (C=O) groups is 1. The second kappa shape index (κ2) is 8.57. The molecule has 4 aromatic heterocycles. The number of H-pyrrole nitrogens is 1. The minimum absolute atomic E-state index is 0.0125. The van der Waals surface area contributed by atoms with Gasteiger partial charge < -0.3 is 29.0 Å². The first-order chi connectivity index (χ1) is 16.0. The summed E-state index contributed by atoms with van der Waals surface area (Å²) in [6, 6.07) is 5.49. The van der Waals surface area contributed by atoms with Crippen LogP contribution in [0, 0.1) is 0 Å². The Morgan fingerprint density at radius 1 is 1.27 bits per heavy atom. The van der Waals surface area contributed by atoms with Crippen molar-refractivity contribution in [1.82, 2.24) is 24.4 Å². The summed E-state index contributed by atoms with van der Waals surface area (Å²) in [6.45, 7) is 1.24. The lowest BCUT2D eigenvalue weighted by Gasteiger charge is -2.29. The lowest BCUT2D eigenvalue weighted by Crippen LogP contribution is -2.41. The number of pyridine rings is 2. The maximum absolute atomic E-state index is 13.0. The average Bonchev–Trinajstić information content (AvgIpc) is 3.40. The van der Waals surface area contributed by atoms with Gasteiger partial charge in [-0.25, -0.2) is 9.97 Å². The van der Waals surface area contributed by atoms with Crippen molar-refractivity contribution >= 4 is 39.6 Å². The van der Waals surface area contributed by atoms with Gasteiger partial charge in [-0.05, 0) is 25.0 Å². The van der Waals surface area contributed by atoms with E-state index in [-0.39, 0.29) is 18.6 Å². The van der Waals surface area contributed by atoms with Gasteiger partial charge in [0.1, 0.15) is 17.7 Å². The van der Waals surface area contributed by atoms with Crippen molar-refractivity contribution in [2.75, 3.05) is 27.3 Å². The Bertz CT molecular complexity index is 1340. The van der Waals surface area contributed by atoms with Crippen LogP contribution in [0.4, 0.5) is 0 Å². The number of aliphatic hydroxyl groups is 1. The Morgan fingerprint density at radius 3 is 2.76 bits per heavy atom. The molecule has 0 bridgehead atoms. The number of nitrogens with one attached hydrogen (secondary N) is 1. The molecular weight excluding hydrogens is 446 g/mol. The summed E-state index contributed by atoms with van der Waals surface area (Å²) in [4.78, 5) is 27.2. The zero-order valence-corrected chi connectivity index (χ0v) is 19.1. The number of amides is 1. The van der Waals surface area contributed by atoms with E-state index in [2.05, 4.69) is 15.0 Å². The minimum atomic E-state index is -0.337. The number of carbonyl (C=O) groups excluding carboxylic acids is 1. The zero-order valence-electron chi connectivity index (χ0n) is 18.3. The number of piperidine rings is 1. The van der Waals surface area contributed by atoms with Gasteiger partial charge in [-0.1, -0.05) is 11.6 Å². The van der Waals surface area contributed by atoms with Crippen molar-refractivity contribution in [2.24, 2.45) is 0 Å². The van der Waals surface area contributed by atoms with Crippen LogP contribution in [0.1, 0.15) is 12.8 Å². The number of likely N-dealkylation sites (tertiary alicyclic amines) is 1. The second-order valence-electron chi connectivity index (χ2n) is 8.09. The molecule has 10 heteroatoms. The van der Waals surface area contributed by atoms with Gasteiger partial charge in [0.15, 0.2) is 5.75 Å². The topological polar surface area (TPSA) is 106 Å². The Kier molecular flexibility index (Phi) is 5.59. The van der Waals surface area contributed by atoms with Crippen molar-refractivity contribution < 1.29 is 19.4 Å². The normalized spacial score (nSPS) is 14.8. The van der Waals surface area contributed by atoms with Crippen molar-refractivity contribution in [3.05, 3.63) is 35.6 Å². The van der Waals surface area contributed by atoms with E-state index in [4.69, 9.17) is 21.1 Å². The molecule has 33 heavy (non-hydrogen) atoms. The fourth-order valence-electron chi connectivity index (χ4n) is 4.29. The number of methoxy groups -OCH3 is 2. The molecule has 0 radical (unpaired) electrons. The molecule has 0 atom stereocenters. The molecule has 0 saturated carbocycles. The lowest BCUT2D eigenvalue weighted by atomic mass is 10.1. The molecule has 1 fully saturated rings. The standard InChI is InChI=1S/C23H24ClN5O4/c1-32-19-10-18-21(27-23(19)33-2)15(17-9-14-16(24)3-6-25-22(14)26-17)11-29(18)12-20(31)28-7-4-13(30)5-8-28/h3,6,9-11,13,30H,4-5,7-8,12H2,1-2H3,(H,25,26). The van der Waals surface area contributed by atoms with E-state index in [0.717, 1.165) is 22.2 Å². The third-order valence-corrected chi connectivity index (χ3v) is 6.42. The first kappa shape index (κ1) is 21.5. The summed E-state index contributed by atoms with van der Waals surface area (Å²) in [6.07, 6.45) is 4.40. The Labute approximate surface area is 194 Å². The van der Waals surface area contributed by atoms with Crippen LogP contribution in [0.2, 0.25) is 5.02 Å². The number of fused-ring (bicyclic) bond motifs is 2. The van der Waals surface area contributed by atoms with E-state index in [1.54, 1.807) is 24.3 Å². The van der Waals surface area contributed by atoms with Gasteiger partial charge in [-0.15, -0.1) is 0 Å². The number of hydrogen-bond acceptors (Lipinski definition) is 6. The quantitative estimate of drug-likeness (QED) is 0.465. The lowest BCUT2D eigenvalue weighted by molar-refractivity contribution is -0.133. The van der Waals surface area contributed by atoms with Gasteiger partial charge >= 0.3 is 0 Å². The predicted molar refractivity (Wildman–Crippen MR) is 125 cm³/mol. The summed E-state index contributed by atoms with van der Waals surface area (Å²) in [5.74, 6) is 0.819. The second-order valence-corrected chi connectivity index (χ2v) is 8.50. The first-order valence-electron chi connectivity index (χ1n) is 10.7. The summed E-state index contributed by atoms with van der Waals surface area (Å²) in [7, 11) is 3.09. The molecule has 1 amide bonds. The molecule has 1 aliphatic heterocycles. The molecule has 1 aliphatic rings. The van der Waals surface area contributed by atoms with Crippen LogP contribution in [0.3, 0.4) is 0 Å². The van der Waals surface area contributed by atoms with E-state index in [0.29, 0.717) is 53.7 Å². The molecule has 2 N–H and O–H groups in total. The fraction of sp³-hybridized carbons (Fsp3) is 0.348. The fourth-order valence-corrected chi connectivity index (χ4v) is 4.49. The Hall–Kier alpha value is -3.30. The molecule has 5 rings (SSSR count). The molecule has 4 aromatic rings. The number of aromatic nitrogens is 4. The zero-order chi connectivity index (χ0) is 23.1. The Morgan fingerprint density at radius 2 is 2.06 bits per heavy atom. The van der Waals surface area contributed by atoms with Crippen LogP contribution < -0.4 is 9.47 Å². The van der Waals surface area contributed by atoms with E-state index in [9.17, 15) is 9.90 Å².